The second kappa shape index (κ2) is 6.81. The number of carboxylic acid groups (broad SMARTS) is 1. The van der Waals surface area contributed by atoms with E-state index in [1.165, 1.54) is 5.38 Å². The zero-order valence-electron chi connectivity index (χ0n) is 9.33. The second-order valence-corrected chi connectivity index (χ2v) is 5.86. The van der Waals surface area contributed by atoms with Crippen molar-refractivity contribution in [3.05, 3.63) is 16.3 Å². The molecule has 0 radical (unpaired) electrons. The molecule has 0 aromatic carbocycles. The van der Waals surface area contributed by atoms with Gasteiger partial charge >= 0.3 is 5.97 Å². The van der Waals surface area contributed by atoms with Crippen molar-refractivity contribution in [2.75, 3.05) is 26.4 Å². The fraction of sp³-hybridized carbons (Fsp3) is 0.444. The van der Waals surface area contributed by atoms with Crippen LogP contribution in [0.15, 0.2) is 16.3 Å². The number of ether oxygens (including phenoxy) is 1. The van der Waals surface area contributed by atoms with Gasteiger partial charge in [-0.15, -0.1) is 11.3 Å². The van der Waals surface area contributed by atoms with Gasteiger partial charge in [0, 0.05) is 11.9 Å². The largest absolute Gasteiger partial charge is 0.477 e. The van der Waals surface area contributed by atoms with Gasteiger partial charge in [0.05, 0.1) is 24.7 Å². The Morgan fingerprint density at radius 2 is 2.17 bits per heavy atom. The Balaban J connectivity index is 2.54. The maximum Gasteiger partial charge on any atom is 0.345 e. The van der Waals surface area contributed by atoms with Gasteiger partial charge in [0.25, 0.3) is 0 Å². The predicted molar refractivity (Wildman–Crippen MR) is 64.4 cm³/mol. The minimum Gasteiger partial charge on any atom is -0.477 e. The van der Waals surface area contributed by atoms with Crippen LogP contribution in [0.4, 0.5) is 0 Å². The molecule has 0 aliphatic heterocycles. The molecule has 0 saturated carbocycles. The standard InChI is InChI=1S/C9H13NO6S2/c11-2-4-16-3-1-10-18(14,15)7-5-8(9(12)13)17-6-7/h5-6,10-11H,1-4H2,(H,12,13). The molecule has 0 unspecified atom stereocenters. The molecule has 9 heteroatoms. The van der Waals surface area contributed by atoms with Crippen LogP contribution >= 0.6 is 11.3 Å². The van der Waals surface area contributed by atoms with Crippen LogP contribution in [0, 0.1) is 0 Å². The van der Waals surface area contributed by atoms with Crippen molar-refractivity contribution in [1.29, 1.82) is 0 Å². The number of hydrogen-bond acceptors (Lipinski definition) is 6. The Labute approximate surface area is 108 Å². The van der Waals surface area contributed by atoms with E-state index in [0.717, 1.165) is 17.4 Å². The molecule has 0 bridgehead atoms. The summed E-state index contributed by atoms with van der Waals surface area (Å²) in [6, 6.07) is 1.10. The molecule has 102 valence electrons. The van der Waals surface area contributed by atoms with Crippen LogP contribution in [-0.2, 0) is 14.8 Å². The fourth-order valence-corrected chi connectivity index (χ4v) is 3.19. The van der Waals surface area contributed by atoms with Crippen molar-refractivity contribution in [3.63, 3.8) is 0 Å². The smallest absolute Gasteiger partial charge is 0.345 e. The lowest BCUT2D eigenvalue weighted by molar-refractivity contribution is 0.0702. The number of carbonyl (C=O) groups is 1. The number of rotatable bonds is 8. The number of nitrogens with one attached hydrogen (secondary N) is 1. The monoisotopic (exact) mass is 295 g/mol. The first-order valence-corrected chi connectivity index (χ1v) is 7.34. The van der Waals surface area contributed by atoms with Crippen LogP contribution < -0.4 is 4.72 Å². The van der Waals surface area contributed by atoms with Crippen LogP contribution in [0.25, 0.3) is 0 Å². The first-order valence-electron chi connectivity index (χ1n) is 4.97. The van der Waals surface area contributed by atoms with E-state index in [0.29, 0.717) is 0 Å². The third-order valence-corrected chi connectivity index (χ3v) is 4.38. The summed E-state index contributed by atoms with van der Waals surface area (Å²) >= 11 is 0.849. The van der Waals surface area contributed by atoms with Crippen molar-refractivity contribution in [2.45, 2.75) is 4.90 Å². The van der Waals surface area contributed by atoms with Crippen LogP contribution in [-0.4, -0.2) is 51.0 Å². The number of aromatic carboxylic acids is 1. The molecule has 1 heterocycles. The third kappa shape index (κ3) is 4.35. The Morgan fingerprint density at radius 1 is 1.44 bits per heavy atom. The van der Waals surface area contributed by atoms with Gasteiger partial charge in [-0.25, -0.2) is 17.9 Å². The quantitative estimate of drug-likeness (QED) is 0.569. The molecule has 1 rings (SSSR count). The molecule has 7 nitrogen and oxygen atoms in total. The minimum absolute atomic E-state index is 0.0353. The molecule has 0 amide bonds. The van der Waals surface area contributed by atoms with Gasteiger partial charge in [-0.3, -0.25) is 0 Å². The molecule has 0 saturated heterocycles. The summed E-state index contributed by atoms with van der Waals surface area (Å²) in [6.07, 6.45) is 0. The summed E-state index contributed by atoms with van der Waals surface area (Å²) < 4.78 is 30.6. The number of aliphatic hydroxyl groups is 1. The molecule has 3 N–H and O–H groups in total. The van der Waals surface area contributed by atoms with Gasteiger partial charge in [-0.2, -0.15) is 0 Å². The molecule has 0 aliphatic carbocycles. The van der Waals surface area contributed by atoms with E-state index in [2.05, 4.69) is 4.72 Å². The van der Waals surface area contributed by atoms with Gasteiger partial charge in [0.15, 0.2) is 0 Å². The SMILES string of the molecule is O=C(O)c1cc(S(=O)(=O)NCCOCCO)cs1. The number of carboxylic acids is 1. The Bertz CT molecular complexity index is 495. The molecule has 0 fully saturated rings. The summed E-state index contributed by atoms with van der Waals surface area (Å²) in [5, 5.41) is 18.4. The van der Waals surface area contributed by atoms with Crippen LogP contribution in [0.1, 0.15) is 9.67 Å². The number of hydrogen-bond donors (Lipinski definition) is 3. The first-order chi connectivity index (χ1) is 8.47. The van der Waals surface area contributed by atoms with Crippen LogP contribution in [0.2, 0.25) is 0 Å². The average molecular weight is 295 g/mol. The van der Waals surface area contributed by atoms with Gasteiger partial charge < -0.3 is 14.9 Å². The number of sulfonamides is 1. The van der Waals surface area contributed by atoms with Gasteiger partial charge in [0.1, 0.15) is 4.88 Å². The summed E-state index contributed by atoms with van der Waals surface area (Å²) in [5.41, 5.74) is 0. The third-order valence-electron chi connectivity index (χ3n) is 1.87. The average Bonchev–Trinajstić information content (AvgIpc) is 2.78. The molecule has 0 spiro atoms. The topological polar surface area (TPSA) is 113 Å². The van der Waals surface area contributed by atoms with Gasteiger partial charge in [-0.1, -0.05) is 0 Å². The highest BCUT2D eigenvalue weighted by Crippen LogP contribution is 2.18. The van der Waals surface area contributed by atoms with E-state index in [-0.39, 0.29) is 36.1 Å². The van der Waals surface area contributed by atoms with E-state index >= 15 is 0 Å². The first kappa shape index (κ1) is 15.1. The molecular weight excluding hydrogens is 282 g/mol. The molecule has 1 aromatic heterocycles. The lowest BCUT2D eigenvalue weighted by Crippen LogP contribution is -2.27. The molecule has 18 heavy (non-hydrogen) atoms. The van der Waals surface area contributed by atoms with Gasteiger partial charge in [0.2, 0.25) is 10.0 Å². The lowest BCUT2D eigenvalue weighted by Gasteiger charge is -2.05. The Hall–Kier alpha value is -1.00. The van der Waals surface area contributed by atoms with E-state index in [4.69, 9.17) is 14.9 Å². The van der Waals surface area contributed by atoms with Crippen LogP contribution in [0.3, 0.4) is 0 Å². The zero-order chi connectivity index (χ0) is 13.6. The second-order valence-electron chi connectivity index (χ2n) is 3.19. The maximum atomic E-state index is 11.7. The molecule has 0 aliphatic rings. The van der Waals surface area contributed by atoms with Crippen molar-refractivity contribution in [3.8, 4) is 0 Å². The van der Waals surface area contributed by atoms with E-state index in [1.54, 1.807) is 0 Å². The Morgan fingerprint density at radius 3 is 2.72 bits per heavy atom. The summed E-state index contributed by atoms with van der Waals surface area (Å²) in [5.74, 6) is -1.16. The molecule has 1 aromatic rings. The highest BCUT2D eigenvalue weighted by Gasteiger charge is 2.17. The minimum atomic E-state index is -3.71. The van der Waals surface area contributed by atoms with Gasteiger partial charge in [-0.05, 0) is 6.07 Å². The summed E-state index contributed by atoms with van der Waals surface area (Å²) in [7, 11) is -3.71. The molecular formula is C9H13NO6S2. The maximum absolute atomic E-state index is 11.7. The zero-order valence-corrected chi connectivity index (χ0v) is 11.0. The van der Waals surface area contributed by atoms with Crippen LogP contribution in [0.5, 0.6) is 0 Å². The Kier molecular flexibility index (Phi) is 5.69. The summed E-state index contributed by atoms with van der Waals surface area (Å²) in [4.78, 5) is 10.5. The van der Waals surface area contributed by atoms with E-state index < -0.39 is 16.0 Å². The van der Waals surface area contributed by atoms with Crippen molar-refractivity contribution >= 4 is 27.3 Å². The van der Waals surface area contributed by atoms with Crippen molar-refractivity contribution < 1.29 is 28.2 Å². The number of thiophene rings is 1. The highest BCUT2D eigenvalue weighted by molar-refractivity contribution is 7.89. The number of aliphatic hydroxyl groups excluding tert-OH is 1. The lowest BCUT2D eigenvalue weighted by atomic mass is 10.5. The normalized spacial score (nSPS) is 11.6. The van der Waals surface area contributed by atoms with E-state index in [9.17, 15) is 13.2 Å². The van der Waals surface area contributed by atoms with Crippen molar-refractivity contribution in [2.24, 2.45) is 0 Å². The summed E-state index contributed by atoms with van der Waals surface area (Å²) in [6.45, 7) is 0.207. The highest BCUT2D eigenvalue weighted by atomic mass is 32.2. The van der Waals surface area contributed by atoms with Crippen molar-refractivity contribution in [1.82, 2.24) is 4.72 Å². The fourth-order valence-electron chi connectivity index (χ4n) is 1.07. The molecule has 0 atom stereocenters. The van der Waals surface area contributed by atoms with E-state index in [1.807, 2.05) is 0 Å². The predicted octanol–water partition coefficient (Wildman–Crippen LogP) is -0.266.